The van der Waals surface area contributed by atoms with Crippen molar-refractivity contribution in [2.75, 3.05) is 14.2 Å². The Morgan fingerprint density at radius 1 is 0.795 bits per heavy atom. The van der Waals surface area contributed by atoms with Gasteiger partial charge >= 0.3 is 12.0 Å². The number of amides is 1. The Morgan fingerprint density at radius 3 is 1.82 bits per heavy atom. The van der Waals surface area contributed by atoms with Gasteiger partial charge in [-0.05, 0) is 49.2 Å². The van der Waals surface area contributed by atoms with Crippen LogP contribution in [0.5, 0.6) is 17.5 Å². The van der Waals surface area contributed by atoms with E-state index in [0.29, 0.717) is 34.0 Å². The largest absolute Gasteiger partial charge is 0.493 e. The number of aromatic nitrogens is 2. The number of methoxy groups -OCH3 is 2. The molecule has 3 aromatic carbocycles. The van der Waals surface area contributed by atoms with Crippen LogP contribution in [0, 0.1) is 13.8 Å². The molecule has 1 unspecified atom stereocenters. The molecule has 1 amide bonds. The Hall–Kier alpha value is -4.92. The number of ether oxygens (including phenoxy) is 3. The maximum atomic E-state index is 13.9. The number of carbonyl (C=O) groups excluding carboxylic acids is 1. The summed E-state index contributed by atoms with van der Waals surface area (Å²) < 4.78 is 16.7. The standard InChI is InChI=1S/C30H29N3O6/c1-19-17-20(2)32-29(31-19)39-26(28(35)36)30(22-11-7-5-8-12-22,23-13-9-6-10-14-23)33-27(34)21-15-16-24(37-3)25(18-21)38-4/h5-18,26H,1-4H3,(H,33,34)(H,35,36). The Bertz CT molecular complexity index is 1400. The lowest BCUT2D eigenvalue weighted by molar-refractivity contribution is -0.148. The molecule has 39 heavy (non-hydrogen) atoms. The van der Waals surface area contributed by atoms with Crippen LogP contribution in [0.3, 0.4) is 0 Å². The number of aryl methyl sites for hydroxylation is 2. The number of benzene rings is 3. The summed E-state index contributed by atoms with van der Waals surface area (Å²) in [6, 6.07) is 24.0. The maximum Gasteiger partial charge on any atom is 0.348 e. The average Bonchev–Trinajstić information content (AvgIpc) is 2.94. The number of carboxylic acid groups (broad SMARTS) is 1. The molecule has 1 aromatic heterocycles. The fourth-order valence-corrected chi connectivity index (χ4v) is 4.49. The first kappa shape index (κ1) is 27.1. The molecular formula is C30H29N3O6. The average molecular weight is 528 g/mol. The molecule has 0 radical (unpaired) electrons. The van der Waals surface area contributed by atoms with Crippen LogP contribution in [0.2, 0.25) is 0 Å². The van der Waals surface area contributed by atoms with Crippen molar-refractivity contribution in [1.82, 2.24) is 15.3 Å². The van der Waals surface area contributed by atoms with Crippen LogP contribution in [0.25, 0.3) is 0 Å². The highest BCUT2D eigenvalue weighted by molar-refractivity contribution is 5.96. The smallest absolute Gasteiger partial charge is 0.348 e. The molecule has 4 rings (SSSR count). The molecule has 0 aliphatic rings. The highest BCUT2D eigenvalue weighted by Crippen LogP contribution is 2.36. The molecule has 0 fully saturated rings. The molecule has 1 heterocycles. The molecular weight excluding hydrogens is 498 g/mol. The number of nitrogens with zero attached hydrogens (tertiary/aromatic N) is 2. The van der Waals surface area contributed by atoms with Crippen molar-refractivity contribution in [2.45, 2.75) is 25.5 Å². The van der Waals surface area contributed by atoms with Crippen LogP contribution < -0.4 is 19.5 Å². The summed E-state index contributed by atoms with van der Waals surface area (Å²) in [6.45, 7) is 3.52. The van der Waals surface area contributed by atoms with Crippen molar-refractivity contribution in [3.63, 3.8) is 0 Å². The summed E-state index contributed by atoms with van der Waals surface area (Å²) in [7, 11) is 2.97. The molecule has 0 saturated carbocycles. The summed E-state index contributed by atoms with van der Waals surface area (Å²) in [4.78, 5) is 35.5. The number of carboxylic acids is 1. The predicted octanol–water partition coefficient (Wildman–Crippen LogP) is 4.32. The van der Waals surface area contributed by atoms with E-state index in [-0.39, 0.29) is 11.6 Å². The molecule has 0 bridgehead atoms. The third kappa shape index (κ3) is 5.67. The SMILES string of the molecule is COc1ccc(C(=O)NC(c2ccccc2)(c2ccccc2)C(Oc2nc(C)cc(C)n2)C(=O)O)cc1OC. The minimum absolute atomic E-state index is 0.114. The van der Waals surface area contributed by atoms with Gasteiger partial charge in [0.15, 0.2) is 11.5 Å². The summed E-state index contributed by atoms with van der Waals surface area (Å²) in [6.07, 6.45) is -1.66. The zero-order valence-corrected chi connectivity index (χ0v) is 22.0. The van der Waals surface area contributed by atoms with E-state index in [0.717, 1.165) is 0 Å². The lowest BCUT2D eigenvalue weighted by Crippen LogP contribution is -2.60. The van der Waals surface area contributed by atoms with Crippen LogP contribution in [-0.4, -0.2) is 47.3 Å². The van der Waals surface area contributed by atoms with Crippen LogP contribution >= 0.6 is 0 Å². The van der Waals surface area contributed by atoms with Gasteiger partial charge in [-0.3, -0.25) is 4.79 Å². The second kappa shape index (κ2) is 11.6. The number of carbonyl (C=O) groups is 2. The lowest BCUT2D eigenvalue weighted by Gasteiger charge is -2.39. The molecule has 1 atom stereocenters. The predicted molar refractivity (Wildman–Crippen MR) is 144 cm³/mol. The van der Waals surface area contributed by atoms with Crippen LogP contribution in [0.1, 0.15) is 32.9 Å². The zero-order valence-electron chi connectivity index (χ0n) is 22.0. The first-order valence-electron chi connectivity index (χ1n) is 12.2. The van der Waals surface area contributed by atoms with Crippen LogP contribution in [0.15, 0.2) is 84.9 Å². The molecule has 9 heteroatoms. The third-order valence-electron chi connectivity index (χ3n) is 6.22. The highest BCUT2D eigenvalue weighted by Gasteiger charge is 2.50. The van der Waals surface area contributed by atoms with Crippen molar-refractivity contribution in [3.8, 4) is 17.5 Å². The van der Waals surface area contributed by atoms with Crippen molar-refractivity contribution in [1.29, 1.82) is 0 Å². The molecule has 0 saturated heterocycles. The fourth-order valence-electron chi connectivity index (χ4n) is 4.49. The van der Waals surface area contributed by atoms with Gasteiger partial charge in [-0.2, -0.15) is 0 Å². The summed E-state index contributed by atoms with van der Waals surface area (Å²) >= 11 is 0. The Morgan fingerprint density at radius 2 is 1.33 bits per heavy atom. The van der Waals surface area contributed by atoms with E-state index in [2.05, 4.69) is 15.3 Å². The summed E-state index contributed by atoms with van der Waals surface area (Å²) in [5, 5.41) is 13.6. The normalized spacial score (nSPS) is 11.8. The van der Waals surface area contributed by atoms with Gasteiger partial charge in [0.05, 0.1) is 14.2 Å². The lowest BCUT2D eigenvalue weighted by atomic mass is 9.77. The van der Waals surface area contributed by atoms with Gasteiger partial charge in [0.25, 0.3) is 5.91 Å². The van der Waals surface area contributed by atoms with Gasteiger partial charge in [0.2, 0.25) is 6.10 Å². The number of hydrogen-bond acceptors (Lipinski definition) is 7. The molecule has 200 valence electrons. The fraction of sp³-hybridized carbons (Fsp3) is 0.200. The second-order valence-electron chi connectivity index (χ2n) is 8.83. The Kier molecular flexibility index (Phi) is 8.10. The molecule has 2 N–H and O–H groups in total. The van der Waals surface area contributed by atoms with Crippen LogP contribution in [-0.2, 0) is 10.3 Å². The highest BCUT2D eigenvalue weighted by atomic mass is 16.5. The van der Waals surface area contributed by atoms with Crippen molar-refractivity contribution in [3.05, 3.63) is 113 Å². The molecule has 9 nitrogen and oxygen atoms in total. The van der Waals surface area contributed by atoms with Gasteiger partial charge in [0.1, 0.15) is 5.54 Å². The van der Waals surface area contributed by atoms with Gasteiger partial charge in [0, 0.05) is 17.0 Å². The number of aliphatic carboxylic acids is 1. The molecule has 0 aliphatic carbocycles. The van der Waals surface area contributed by atoms with E-state index in [1.165, 1.54) is 20.3 Å². The van der Waals surface area contributed by atoms with E-state index >= 15 is 0 Å². The first-order chi connectivity index (χ1) is 18.8. The Balaban J connectivity index is 1.93. The molecule has 4 aromatic rings. The molecule has 0 aliphatic heterocycles. The number of rotatable bonds is 10. The van der Waals surface area contributed by atoms with Gasteiger partial charge < -0.3 is 24.6 Å². The van der Waals surface area contributed by atoms with Crippen LogP contribution in [0.4, 0.5) is 0 Å². The van der Waals surface area contributed by atoms with E-state index in [9.17, 15) is 14.7 Å². The van der Waals surface area contributed by atoms with Crippen molar-refractivity contribution in [2.24, 2.45) is 0 Å². The van der Waals surface area contributed by atoms with Crippen molar-refractivity contribution >= 4 is 11.9 Å². The van der Waals surface area contributed by atoms with E-state index < -0.39 is 23.5 Å². The maximum absolute atomic E-state index is 13.9. The first-order valence-corrected chi connectivity index (χ1v) is 12.2. The second-order valence-corrected chi connectivity index (χ2v) is 8.83. The number of hydrogen-bond donors (Lipinski definition) is 2. The minimum atomic E-state index is -1.69. The van der Waals surface area contributed by atoms with E-state index in [4.69, 9.17) is 14.2 Å². The van der Waals surface area contributed by atoms with Gasteiger partial charge in [-0.1, -0.05) is 60.7 Å². The van der Waals surface area contributed by atoms with E-state index in [1.807, 2.05) is 0 Å². The Labute approximate surface area is 226 Å². The zero-order chi connectivity index (χ0) is 28.0. The minimum Gasteiger partial charge on any atom is -0.493 e. The van der Waals surface area contributed by atoms with Crippen molar-refractivity contribution < 1.29 is 28.9 Å². The summed E-state index contributed by atoms with van der Waals surface area (Å²) in [5.74, 6) is -1.08. The van der Waals surface area contributed by atoms with E-state index in [1.54, 1.807) is 92.7 Å². The molecule has 0 spiro atoms. The van der Waals surface area contributed by atoms with Gasteiger partial charge in [-0.25, -0.2) is 14.8 Å². The number of nitrogens with one attached hydrogen (secondary N) is 1. The monoisotopic (exact) mass is 527 g/mol. The van der Waals surface area contributed by atoms with Gasteiger partial charge in [-0.15, -0.1) is 0 Å². The summed E-state index contributed by atoms with van der Waals surface area (Å²) in [5.41, 5.74) is 0.737. The quantitative estimate of drug-likeness (QED) is 0.313. The third-order valence-corrected chi connectivity index (χ3v) is 6.22. The topological polar surface area (TPSA) is 120 Å².